The molecule has 0 aromatic rings. The molecule has 3 radical (unpaired) electrons. The van der Waals surface area contributed by atoms with Crippen LogP contribution < -0.4 is 0 Å². The third-order valence-electron chi connectivity index (χ3n) is 0. The molecule has 0 aliphatic rings. The summed E-state index contributed by atoms with van der Waals surface area (Å²) in [6.45, 7) is 0. The molecule has 0 fully saturated rings. The molecule has 0 atom stereocenters. The van der Waals surface area contributed by atoms with Crippen molar-refractivity contribution in [1.29, 1.82) is 0 Å². The van der Waals surface area contributed by atoms with Crippen LogP contribution >= 0.6 is 0 Å². The van der Waals surface area contributed by atoms with E-state index in [1.165, 1.54) is 0 Å². The van der Waals surface area contributed by atoms with Gasteiger partial charge in [-0.3, -0.25) is 0 Å². The molecular weight excluding hydrogens is 565 g/mol. The molecule has 0 aliphatic heterocycles. The Labute approximate surface area is 98.0 Å². The smallest absolute Gasteiger partial charge is 0 e. The molecule has 0 N–H and O–H groups in total. The molecular formula is AgCuPdReRu. The average molecular weight is 565 g/mol. The summed E-state index contributed by atoms with van der Waals surface area (Å²) < 4.78 is 0. The SMILES string of the molecule is [Ag].[Cu].[Pd].[Re].[Ru]. The van der Waals surface area contributed by atoms with Crippen molar-refractivity contribution in [3.63, 3.8) is 0 Å². The number of hydrogen-bond donors (Lipinski definition) is 0. The van der Waals surface area contributed by atoms with Gasteiger partial charge in [-0.05, 0) is 0 Å². The molecule has 0 aliphatic carbocycles. The maximum Gasteiger partial charge on any atom is 0 e. The van der Waals surface area contributed by atoms with Crippen LogP contribution in [0.15, 0.2) is 0 Å². The van der Waals surface area contributed by atoms with Gasteiger partial charge in [-0.2, -0.15) is 0 Å². The van der Waals surface area contributed by atoms with E-state index >= 15 is 0 Å². The van der Waals surface area contributed by atoms with Gasteiger partial charge in [0.1, 0.15) is 0 Å². The van der Waals surface area contributed by atoms with E-state index in [1.54, 1.807) is 0 Å². The van der Waals surface area contributed by atoms with Gasteiger partial charge < -0.3 is 0 Å². The second-order valence-electron chi connectivity index (χ2n) is 0. The van der Waals surface area contributed by atoms with Crippen LogP contribution in [0.3, 0.4) is 0 Å². The number of rotatable bonds is 0. The Balaban J connectivity index is 0. The molecule has 47 valence electrons. The molecule has 0 aromatic carbocycles. The van der Waals surface area contributed by atoms with E-state index in [0.717, 1.165) is 0 Å². The van der Waals surface area contributed by atoms with Crippen molar-refractivity contribution in [3.8, 4) is 0 Å². The van der Waals surface area contributed by atoms with Gasteiger partial charge in [-0.15, -0.1) is 0 Å². The molecule has 0 rings (SSSR count). The van der Waals surface area contributed by atoms with E-state index in [0.29, 0.717) is 0 Å². The van der Waals surface area contributed by atoms with Gasteiger partial charge in [0.15, 0.2) is 0 Å². The Hall–Kier alpha value is 3.21. The van der Waals surface area contributed by atoms with E-state index in [-0.39, 0.29) is 99.8 Å². The summed E-state index contributed by atoms with van der Waals surface area (Å²) in [4.78, 5) is 0. The van der Waals surface area contributed by atoms with E-state index < -0.39 is 0 Å². The first-order valence-corrected chi connectivity index (χ1v) is 0. The molecule has 0 amide bonds. The van der Waals surface area contributed by atoms with Crippen LogP contribution in [0.25, 0.3) is 0 Å². The zero-order valence-electron chi connectivity index (χ0n) is 1.65. The van der Waals surface area contributed by atoms with Crippen LogP contribution in [0, 0.1) is 0 Å². The van der Waals surface area contributed by atoms with Crippen molar-refractivity contribution in [2.45, 2.75) is 0 Å². The molecule has 0 saturated heterocycles. The first kappa shape index (κ1) is 41.4. The predicted molar refractivity (Wildman–Crippen MR) is 0 cm³/mol. The molecule has 5 heteroatoms. The predicted octanol–water partition coefficient (Wildman–Crippen LogP) is -0.0125. The Morgan fingerprint density at radius 1 is 1.00 bits per heavy atom. The summed E-state index contributed by atoms with van der Waals surface area (Å²) in [5, 5.41) is 0. The Morgan fingerprint density at radius 2 is 1.00 bits per heavy atom. The third kappa shape index (κ3) is 19.0. The van der Waals surface area contributed by atoms with Gasteiger partial charge in [-0.25, -0.2) is 0 Å². The molecule has 0 saturated carbocycles. The fourth-order valence-electron chi connectivity index (χ4n) is 0. The van der Waals surface area contributed by atoms with E-state index in [9.17, 15) is 0 Å². The van der Waals surface area contributed by atoms with Crippen molar-refractivity contribution in [1.82, 2.24) is 0 Å². The molecule has 0 spiro atoms. The van der Waals surface area contributed by atoms with Crippen LogP contribution in [0.4, 0.5) is 0 Å². The van der Waals surface area contributed by atoms with E-state index in [1.807, 2.05) is 0 Å². The minimum Gasteiger partial charge on any atom is 0 e. The fourth-order valence-corrected chi connectivity index (χ4v) is 0. The van der Waals surface area contributed by atoms with E-state index in [4.69, 9.17) is 0 Å². The topological polar surface area (TPSA) is 0 Å². The standard InChI is InChI=1S/Ag.Cu.Pd.Re.Ru. The van der Waals surface area contributed by atoms with Gasteiger partial charge in [-0.1, -0.05) is 0 Å². The van der Waals surface area contributed by atoms with Crippen LogP contribution in [0.2, 0.25) is 0 Å². The van der Waals surface area contributed by atoms with Crippen LogP contribution in [-0.2, 0) is 99.8 Å². The molecule has 0 unspecified atom stereocenters. The second-order valence-corrected chi connectivity index (χ2v) is 0. The van der Waals surface area contributed by atoms with Gasteiger partial charge in [0.25, 0.3) is 0 Å². The first-order valence-electron chi connectivity index (χ1n) is 0. The van der Waals surface area contributed by atoms with Crippen molar-refractivity contribution >= 4 is 0 Å². The Morgan fingerprint density at radius 3 is 1.00 bits per heavy atom. The molecule has 0 heterocycles. The van der Waals surface area contributed by atoms with Crippen molar-refractivity contribution in [3.05, 3.63) is 0 Å². The van der Waals surface area contributed by atoms with Gasteiger partial charge in [0.2, 0.25) is 0 Å². The zero-order chi connectivity index (χ0) is 0. The summed E-state index contributed by atoms with van der Waals surface area (Å²) in [5.74, 6) is 0. The number of hydrogen-bond acceptors (Lipinski definition) is 0. The minimum atomic E-state index is 0. The van der Waals surface area contributed by atoms with Crippen molar-refractivity contribution in [2.24, 2.45) is 0 Å². The molecule has 0 bridgehead atoms. The monoisotopic (exact) mass is 565 g/mol. The summed E-state index contributed by atoms with van der Waals surface area (Å²) >= 11 is 0. The van der Waals surface area contributed by atoms with Crippen molar-refractivity contribution < 1.29 is 99.8 Å². The molecule has 0 aromatic heterocycles. The Bertz CT molecular complexity index is 11.6. The van der Waals surface area contributed by atoms with Gasteiger partial charge >= 0.3 is 0 Å². The normalized spacial score (nSPS) is 0. The fraction of sp³-hybridized carbons (Fsp3) is 0. The summed E-state index contributed by atoms with van der Waals surface area (Å²) in [6, 6.07) is 0. The van der Waals surface area contributed by atoms with Crippen LogP contribution in [0.1, 0.15) is 0 Å². The van der Waals surface area contributed by atoms with Crippen LogP contribution in [0.5, 0.6) is 0 Å². The third-order valence-corrected chi connectivity index (χ3v) is 0. The molecule has 5 heavy (non-hydrogen) atoms. The second kappa shape index (κ2) is 27.0. The van der Waals surface area contributed by atoms with Gasteiger partial charge in [0, 0.05) is 99.8 Å². The quantitative estimate of drug-likeness (QED) is 0.363. The summed E-state index contributed by atoms with van der Waals surface area (Å²) in [5.41, 5.74) is 0. The maximum atomic E-state index is 0. The van der Waals surface area contributed by atoms with Gasteiger partial charge in [0.05, 0.1) is 0 Å². The minimum absolute atomic E-state index is 0. The van der Waals surface area contributed by atoms with Crippen LogP contribution in [-0.4, -0.2) is 0 Å². The average Bonchev–Trinajstić information content (AvgIpc) is 0. The van der Waals surface area contributed by atoms with E-state index in [2.05, 4.69) is 0 Å². The first-order chi connectivity index (χ1) is 0. The van der Waals surface area contributed by atoms with Crippen molar-refractivity contribution in [2.75, 3.05) is 0 Å². The molecule has 0 nitrogen and oxygen atoms in total. The summed E-state index contributed by atoms with van der Waals surface area (Å²) in [6.07, 6.45) is 0. The maximum absolute atomic E-state index is 0. The Kier molecular flexibility index (Phi) is 224. The summed E-state index contributed by atoms with van der Waals surface area (Å²) in [7, 11) is 0. The largest absolute Gasteiger partial charge is 0 e. The zero-order valence-corrected chi connectivity index (χ0v) is 10.1.